The van der Waals surface area contributed by atoms with Crippen LogP contribution < -0.4 is 18.9 Å². The average molecular weight is 424 g/mol. The highest BCUT2D eigenvalue weighted by molar-refractivity contribution is 5.58. The number of aromatic hydroxyl groups is 4. The van der Waals surface area contributed by atoms with Gasteiger partial charge in [0, 0.05) is 0 Å². The summed E-state index contributed by atoms with van der Waals surface area (Å²) in [4.78, 5) is 0. The Balaban J connectivity index is 1.68. The van der Waals surface area contributed by atoms with Gasteiger partial charge in [-0.3, -0.25) is 0 Å². The molecule has 0 unspecified atom stereocenters. The van der Waals surface area contributed by atoms with Crippen LogP contribution in [-0.4, -0.2) is 73.3 Å². The van der Waals surface area contributed by atoms with Crippen molar-refractivity contribution >= 4 is 0 Å². The van der Waals surface area contributed by atoms with Crippen molar-refractivity contribution in [1.82, 2.24) is 0 Å². The SMILES string of the molecule is Oc1ccc(O)c2c1OCCOCCOc1c(O)ccc(O)c1OCCOCCO2. The molecule has 30 heavy (non-hydrogen) atoms. The van der Waals surface area contributed by atoms with Crippen LogP contribution >= 0.6 is 0 Å². The summed E-state index contributed by atoms with van der Waals surface area (Å²) in [6.07, 6.45) is 0. The summed E-state index contributed by atoms with van der Waals surface area (Å²) in [6.45, 7) is 0.968. The molecule has 0 saturated heterocycles. The van der Waals surface area contributed by atoms with Gasteiger partial charge in [-0.15, -0.1) is 0 Å². The van der Waals surface area contributed by atoms with E-state index in [4.69, 9.17) is 28.4 Å². The number of hydrogen-bond acceptors (Lipinski definition) is 10. The van der Waals surface area contributed by atoms with Crippen LogP contribution in [0, 0.1) is 0 Å². The highest BCUT2D eigenvalue weighted by atomic mass is 16.6. The Kier molecular flexibility index (Phi) is 7.52. The normalized spacial score (nSPS) is 16.3. The number of phenols is 4. The van der Waals surface area contributed by atoms with Crippen LogP contribution in [-0.2, 0) is 9.47 Å². The minimum absolute atomic E-state index is 0.00799. The van der Waals surface area contributed by atoms with Gasteiger partial charge in [0.25, 0.3) is 0 Å². The highest BCUT2D eigenvalue weighted by Crippen LogP contribution is 2.44. The van der Waals surface area contributed by atoms with Gasteiger partial charge >= 0.3 is 0 Å². The van der Waals surface area contributed by atoms with Crippen LogP contribution in [0.4, 0.5) is 0 Å². The second-order valence-electron chi connectivity index (χ2n) is 6.14. The van der Waals surface area contributed by atoms with Gasteiger partial charge in [-0.05, 0) is 24.3 Å². The van der Waals surface area contributed by atoms with E-state index in [1.165, 1.54) is 24.3 Å². The van der Waals surface area contributed by atoms with Crippen LogP contribution in [0.2, 0.25) is 0 Å². The molecule has 0 radical (unpaired) electrons. The second kappa shape index (κ2) is 10.5. The summed E-state index contributed by atoms with van der Waals surface area (Å²) >= 11 is 0. The Labute approximate surface area is 172 Å². The summed E-state index contributed by atoms with van der Waals surface area (Å²) in [5, 5.41) is 40.0. The van der Waals surface area contributed by atoms with Crippen molar-refractivity contribution in [2.24, 2.45) is 0 Å². The third kappa shape index (κ3) is 5.43. The fourth-order valence-corrected chi connectivity index (χ4v) is 2.66. The fourth-order valence-electron chi connectivity index (χ4n) is 2.66. The van der Waals surface area contributed by atoms with Crippen LogP contribution in [0.25, 0.3) is 0 Å². The van der Waals surface area contributed by atoms with Crippen molar-refractivity contribution in [1.29, 1.82) is 0 Å². The number of benzene rings is 2. The molecule has 0 amide bonds. The Morgan fingerprint density at radius 2 is 0.633 bits per heavy atom. The summed E-state index contributed by atoms with van der Waals surface area (Å²) in [5.74, 6) is -0.684. The Morgan fingerprint density at radius 1 is 0.400 bits per heavy atom. The van der Waals surface area contributed by atoms with E-state index in [2.05, 4.69) is 0 Å². The molecule has 10 nitrogen and oxygen atoms in total. The number of rotatable bonds is 0. The predicted octanol–water partition coefficient (Wildman–Crippen LogP) is 1.77. The van der Waals surface area contributed by atoms with Crippen molar-refractivity contribution < 1.29 is 48.8 Å². The number of fused-ring (bicyclic) bond motifs is 2. The van der Waals surface area contributed by atoms with Crippen molar-refractivity contribution in [3.05, 3.63) is 24.3 Å². The van der Waals surface area contributed by atoms with E-state index in [1.807, 2.05) is 0 Å². The van der Waals surface area contributed by atoms with Crippen molar-refractivity contribution in [2.75, 3.05) is 52.9 Å². The van der Waals surface area contributed by atoms with Gasteiger partial charge in [0.2, 0.25) is 23.0 Å². The summed E-state index contributed by atoms with van der Waals surface area (Å²) < 4.78 is 32.8. The minimum Gasteiger partial charge on any atom is -0.504 e. The van der Waals surface area contributed by atoms with Gasteiger partial charge in [0.05, 0.1) is 26.4 Å². The first kappa shape index (κ1) is 21.5. The van der Waals surface area contributed by atoms with Crippen molar-refractivity contribution in [2.45, 2.75) is 0 Å². The third-order valence-corrected chi connectivity index (χ3v) is 4.04. The standard InChI is InChI=1S/C20H24O10/c21-13-1-2-14(22)18-17(13)27-9-5-25-7-11-29-19-15(23)3-4-16(24)20(19)30-12-8-26-6-10-28-18/h1-4,21-24H,5-12H2. The third-order valence-electron chi connectivity index (χ3n) is 4.04. The minimum atomic E-state index is -0.179. The van der Waals surface area contributed by atoms with E-state index in [1.54, 1.807) is 0 Å². The first-order valence-electron chi connectivity index (χ1n) is 9.34. The molecule has 164 valence electrons. The van der Waals surface area contributed by atoms with Crippen molar-refractivity contribution in [3.63, 3.8) is 0 Å². The van der Waals surface area contributed by atoms with Gasteiger partial charge in [-0.1, -0.05) is 0 Å². The maximum atomic E-state index is 10.0. The maximum Gasteiger partial charge on any atom is 0.207 e. The molecule has 4 N–H and O–H groups in total. The molecular weight excluding hydrogens is 400 g/mol. The molecule has 0 spiro atoms. The molecule has 2 aromatic rings. The smallest absolute Gasteiger partial charge is 0.207 e. The Bertz CT molecular complexity index is 703. The van der Waals surface area contributed by atoms with E-state index < -0.39 is 0 Å². The predicted molar refractivity (Wildman–Crippen MR) is 103 cm³/mol. The van der Waals surface area contributed by atoms with Crippen LogP contribution in [0.3, 0.4) is 0 Å². The monoisotopic (exact) mass is 424 g/mol. The lowest BCUT2D eigenvalue weighted by atomic mass is 10.2. The van der Waals surface area contributed by atoms with E-state index in [0.29, 0.717) is 0 Å². The topological polar surface area (TPSA) is 136 Å². The molecule has 0 bridgehead atoms. The molecule has 3 rings (SSSR count). The zero-order valence-corrected chi connectivity index (χ0v) is 16.2. The number of hydrogen-bond donors (Lipinski definition) is 4. The molecule has 0 aromatic heterocycles. The van der Waals surface area contributed by atoms with Gasteiger partial charge < -0.3 is 48.8 Å². The molecule has 0 saturated carbocycles. The molecule has 10 heteroatoms. The molecule has 1 aliphatic rings. The lowest BCUT2D eigenvalue weighted by Gasteiger charge is -2.17. The molecular formula is C20H24O10. The molecule has 1 aliphatic heterocycles. The molecule has 2 aromatic carbocycles. The first-order chi connectivity index (χ1) is 14.6. The van der Waals surface area contributed by atoms with Crippen LogP contribution in [0.1, 0.15) is 0 Å². The molecule has 1 heterocycles. The van der Waals surface area contributed by atoms with E-state index in [-0.39, 0.29) is 98.9 Å². The van der Waals surface area contributed by atoms with Gasteiger partial charge in [0.1, 0.15) is 26.4 Å². The zero-order chi connectivity index (χ0) is 21.3. The maximum absolute atomic E-state index is 10.0. The first-order valence-corrected chi connectivity index (χ1v) is 9.34. The molecule has 0 aliphatic carbocycles. The lowest BCUT2D eigenvalue weighted by molar-refractivity contribution is 0.0617. The largest absolute Gasteiger partial charge is 0.504 e. The Hall–Kier alpha value is -3.24. The van der Waals surface area contributed by atoms with Crippen LogP contribution in [0.15, 0.2) is 24.3 Å². The summed E-state index contributed by atoms with van der Waals surface area (Å²) in [6, 6.07) is 5.19. The molecule has 0 atom stereocenters. The Morgan fingerprint density at radius 3 is 0.867 bits per heavy atom. The van der Waals surface area contributed by atoms with E-state index in [0.717, 1.165) is 0 Å². The quantitative estimate of drug-likeness (QED) is 0.463. The lowest BCUT2D eigenvalue weighted by Crippen LogP contribution is -2.15. The van der Waals surface area contributed by atoms with Gasteiger partial charge in [-0.2, -0.15) is 0 Å². The zero-order valence-electron chi connectivity index (χ0n) is 16.2. The fraction of sp³-hybridized carbons (Fsp3) is 0.400. The highest BCUT2D eigenvalue weighted by Gasteiger charge is 2.18. The second-order valence-corrected chi connectivity index (χ2v) is 6.14. The van der Waals surface area contributed by atoms with Gasteiger partial charge in [0.15, 0.2) is 23.0 Å². The van der Waals surface area contributed by atoms with Crippen molar-refractivity contribution in [3.8, 4) is 46.0 Å². The van der Waals surface area contributed by atoms with E-state index >= 15 is 0 Å². The molecule has 0 fully saturated rings. The summed E-state index contributed by atoms with van der Waals surface area (Å²) in [7, 11) is 0. The number of phenolic OH excluding ortho intramolecular Hbond substituents is 4. The summed E-state index contributed by atoms with van der Waals surface area (Å²) in [5.41, 5.74) is 0. The van der Waals surface area contributed by atoms with E-state index in [9.17, 15) is 20.4 Å². The average Bonchev–Trinajstić information content (AvgIpc) is 2.73. The number of ether oxygens (including phenoxy) is 6. The van der Waals surface area contributed by atoms with Gasteiger partial charge in [-0.25, -0.2) is 0 Å². The van der Waals surface area contributed by atoms with Crippen LogP contribution in [0.5, 0.6) is 46.0 Å².